The Bertz CT molecular complexity index is 982. The van der Waals surface area contributed by atoms with E-state index in [2.05, 4.69) is 14.9 Å². The molecule has 0 aromatic heterocycles. The van der Waals surface area contributed by atoms with Gasteiger partial charge in [-0.25, -0.2) is 17.9 Å². The summed E-state index contributed by atoms with van der Waals surface area (Å²) in [6.45, 7) is 1.65. The number of ether oxygens (including phenoxy) is 1. The Morgan fingerprint density at radius 2 is 1.60 bits per heavy atom. The maximum Gasteiger partial charge on any atom is 0.338 e. The van der Waals surface area contributed by atoms with Gasteiger partial charge in [0.2, 0.25) is 10.0 Å². The average molecular weight is 432 g/mol. The number of benzene rings is 2. The summed E-state index contributed by atoms with van der Waals surface area (Å²) in [5.74, 6) is -1.16. The van der Waals surface area contributed by atoms with E-state index in [-0.39, 0.29) is 10.5 Å². The number of hydrogen-bond donors (Lipinski definition) is 2. The Labute approximate surface area is 176 Å². The summed E-state index contributed by atoms with van der Waals surface area (Å²) in [6, 6.07) is 12.9. The summed E-state index contributed by atoms with van der Waals surface area (Å²) in [7, 11) is -2.28. The van der Waals surface area contributed by atoms with Crippen molar-refractivity contribution in [2.75, 3.05) is 37.0 Å². The zero-order valence-corrected chi connectivity index (χ0v) is 17.6. The average Bonchev–Trinajstić information content (AvgIpc) is 2.78. The van der Waals surface area contributed by atoms with Crippen LogP contribution in [-0.2, 0) is 19.6 Å². The second-order valence-electron chi connectivity index (χ2n) is 6.95. The number of amides is 1. The largest absolute Gasteiger partial charge is 0.452 e. The van der Waals surface area contributed by atoms with Gasteiger partial charge in [0, 0.05) is 24.5 Å². The lowest BCUT2D eigenvalue weighted by molar-refractivity contribution is -0.119. The minimum Gasteiger partial charge on any atom is -0.452 e. The maximum atomic E-state index is 12.1. The van der Waals surface area contributed by atoms with Gasteiger partial charge in [0.05, 0.1) is 10.5 Å². The van der Waals surface area contributed by atoms with Gasteiger partial charge in [-0.3, -0.25) is 4.79 Å². The summed E-state index contributed by atoms with van der Waals surface area (Å²) < 4.78 is 30.6. The second-order valence-corrected chi connectivity index (χ2v) is 8.84. The molecule has 1 aliphatic rings. The summed E-state index contributed by atoms with van der Waals surface area (Å²) in [6.07, 6.45) is 3.65. The molecule has 2 aromatic carbocycles. The van der Waals surface area contributed by atoms with Crippen molar-refractivity contribution in [3.8, 4) is 0 Å². The van der Waals surface area contributed by atoms with Crippen LogP contribution in [0.4, 0.5) is 11.4 Å². The predicted octanol–water partition coefficient (Wildman–Crippen LogP) is 2.38. The predicted molar refractivity (Wildman–Crippen MR) is 114 cm³/mol. The molecule has 1 heterocycles. The first-order valence-electron chi connectivity index (χ1n) is 9.74. The maximum absolute atomic E-state index is 12.1. The van der Waals surface area contributed by atoms with Crippen molar-refractivity contribution in [3.63, 3.8) is 0 Å². The summed E-state index contributed by atoms with van der Waals surface area (Å²) in [5.41, 5.74) is 1.91. The molecule has 2 aromatic rings. The molecule has 30 heavy (non-hydrogen) atoms. The van der Waals surface area contributed by atoms with Crippen LogP contribution in [0.5, 0.6) is 0 Å². The molecule has 0 saturated carbocycles. The van der Waals surface area contributed by atoms with E-state index >= 15 is 0 Å². The summed E-state index contributed by atoms with van der Waals surface area (Å²) in [5, 5.41) is 2.69. The molecule has 1 amide bonds. The third-order valence-corrected chi connectivity index (χ3v) is 6.31. The smallest absolute Gasteiger partial charge is 0.338 e. The van der Waals surface area contributed by atoms with E-state index in [9.17, 15) is 18.0 Å². The third kappa shape index (κ3) is 5.58. The summed E-state index contributed by atoms with van der Waals surface area (Å²) >= 11 is 0. The first-order chi connectivity index (χ1) is 14.4. The topological polar surface area (TPSA) is 105 Å². The molecule has 1 fully saturated rings. The zero-order valence-electron chi connectivity index (χ0n) is 16.8. The van der Waals surface area contributed by atoms with Crippen molar-refractivity contribution < 1.29 is 22.7 Å². The van der Waals surface area contributed by atoms with Gasteiger partial charge in [0.25, 0.3) is 5.91 Å². The van der Waals surface area contributed by atoms with Crippen molar-refractivity contribution in [1.82, 2.24) is 4.72 Å². The van der Waals surface area contributed by atoms with Crippen LogP contribution in [0.1, 0.15) is 29.6 Å². The van der Waals surface area contributed by atoms with Gasteiger partial charge >= 0.3 is 5.97 Å². The minimum absolute atomic E-state index is 0.0345. The second kappa shape index (κ2) is 9.73. The van der Waals surface area contributed by atoms with Crippen molar-refractivity contribution in [2.45, 2.75) is 24.2 Å². The molecule has 2 N–H and O–H groups in total. The lowest BCUT2D eigenvalue weighted by atomic mass is 10.1. The van der Waals surface area contributed by atoms with E-state index in [1.165, 1.54) is 50.6 Å². The number of carbonyl (C=O) groups excluding carboxylic acids is 2. The van der Waals surface area contributed by atoms with Crippen LogP contribution in [0.3, 0.4) is 0 Å². The Hall–Kier alpha value is -2.91. The number of carbonyl (C=O) groups is 2. The number of hydrogen-bond acceptors (Lipinski definition) is 6. The van der Waals surface area contributed by atoms with E-state index < -0.39 is 28.5 Å². The van der Waals surface area contributed by atoms with Crippen molar-refractivity contribution in [1.29, 1.82) is 0 Å². The van der Waals surface area contributed by atoms with Gasteiger partial charge in [-0.15, -0.1) is 0 Å². The molecular formula is C21H25N3O5S. The van der Waals surface area contributed by atoms with E-state index in [0.29, 0.717) is 5.69 Å². The zero-order chi connectivity index (χ0) is 21.6. The lowest BCUT2D eigenvalue weighted by Crippen LogP contribution is -2.29. The quantitative estimate of drug-likeness (QED) is 0.652. The number of esters is 1. The molecule has 0 spiro atoms. The first-order valence-corrected chi connectivity index (χ1v) is 11.2. The van der Waals surface area contributed by atoms with E-state index in [0.717, 1.165) is 18.8 Å². The molecular weight excluding hydrogens is 406 g/mol. The Morgan fingerprint density at radius 1 is 0.967 bits per heavy atom. The normalized spacial score (nSPS) is 14.2. The number of nitrogens with zero attached hydrogens (tertiary/aromatic N) is 1. The molecule has 1 saturated heterocycles. The molecule has 1 aliphatic heterocycles. The van der Waals surface area contributed by atoms with Crippen LogP contribution in [0.25, 0.3) is 0 Å². The van der Waals surface area contributed by atoms with E-state index in [4.69, 9.17) is 4.74 Å². The van der Waals surface area contributed by atoms with Crippen LogP contribution in [0.2, 0.25) is 0 Å². The first kappa shape index (κ1) is 21.8. The number of nitrogens with one attached hydrogen (secondary N) is 2. The Kier molecular flexibility index (Phi) is 7.07. The minimum atomic E-state index is -3.58. The molecule has 160 valence electrons. The molecule has 0 aliphatic carbocycles. The monoisotopic (exact) mass is 431 g/mol. The highest BCUT2D eigenvalue weighted by Crippen LogP contribution is 2.21. The fraction of sp³-hybridized carbons (Fsp3) is 0.333. The highest BCUT2D eigenvalue weighted by Gasteiger charge is 2.15. The van der Waals surface area contributed by atoms with Crippen LogP contribution in [-0.4, -0.2) is 47.0 Å². The van der Waals surface area contributed by atoms with Gasteiger partial charge in [-0.1, -0.05) is 0 Å². The SMILES string of the molecule is CNS(=O)(=O)c1ccc(C(=O)OCC(=O)Nc2ccc(N3CCCCC3)cc2)cc1. The highest BCUT2D eigenvalue weighted by molar-refractivity contribution is 7.89. The molecule has 0 unspecified atom stereocenters. The Morgan fingerprint density at radius 3 is 2.20 bits per heavy atom. The fourth-order valence-corrected chi connectivity index (χ4v) is 3.94. The molecule has 0 bridgehead atoms. The lowest BCUT2D eigenvalue weighted by Gasteiger charge is -2.28. The number of anilines is 2. The van der Waals surface area contributed by atoms with Crippen LogP contribution in [0.15, 0.2) is 53.4 Å². The van der Waals surface area contributed by atoms with Gasteiger partial charge < -0.3 is 15.0 Å². The Balaban J connectivity index is 1.50. The van der Waals surface area contributed by atoms with Crippen LogP contribution < -0.4 is 14.9 Å². The number of piperidine rings is 1. The van der Waals surface area contributed by atoms with Crippen molar-refractivity contribution in [3.05, 3.63) is 54.1 Å². The number of sulfonamides is 1. The van der Waals surface area contributed by atoms with Gasteiger partial charge in [-0.2, -0.15) is 0 Å². The van der Waals surface area contributed by atoms with Crippen molar-refractivity contribution in [2.24, 2.45) is 0 Å². The molecule has 0 atom stereocenters. The fourth-order valence-electron chi connectivity index (χ4n) is 3.21. The van der Waals surface area contributed by atoms with Gasteiger partial charge in [0.15, 0.2) is 6.61 Å². The van der Waals surface area contributed by atoms with E-state index in [1.54, 1.807) is 0 Å². The molecule has 0 radical (unpaired) electrons. The number of rotatable bonds is 7. The highest BCUT2D eigenvalue weighted by atomic mass is 32.2. The van der Waals surface area contributed by atoms with Crippen molar-refractivity contribution >= 4 is 33.3 Å². The molecule has 3 rings (SSSR count). The molecule has 9 heteroatoms. The van der Waals surface area contributed by atoms with E-state index in [1.807, 2.05) is 24.3 Å². The molecule has 8 nitrogen and oxygen atoms in total. The summed E-state index contributed by atoms with van der Waals surface area (Å²) in [4.78, 5) is 26.5. The third-order valence-electron chi connectivity index (χ3n) is 4.88. The van der Waals surface area contributed by atoms with Crippen LogP contribution >= 0.6 is 0 Å². The van der Waals surface area contributed by atoms with Gasteiger partial charge in [-0.05, 0) is 74.8 Å². The standard InChI is InChI=1S/C21H25N3O5S/c1-22-30(27,28)19-11-5-16(6-12-19)21(26)29-15-20(25)23-17-7-9-18(10-8-17)24-13-3-2-4-14-24/h5-12,22H,2-4,13-15H2,1H3,(H,23,25). The van der Waals surface area contributed by atoms with Crippen LogP contribution in [0, 0.1) is 0 Å². The van der Waals surface area contributed by atoms with Gasteiger partial charge in [0.1, 0.15) is 0 Å².